The van der Waals surface area contributed by atoms with Crippen LogP contribution in [0.4, 0.5) is 5.69 Å². The molecular weight excluding hydrogens is 386 g/mol. The molecule has 1 amide bonds. The average Bonchev–Trinajstić information content (AvgIpc) is 2.69. The number of hydrogen-bond acceptors (Lipinski definition) is 6. The Kier molecular flexibility index (Phi) is 5.94. The smallest absolute Gasteiger partial charge is 0.339 e. The largest absolute Gasteiger partial charge is 0.495 e. The number of aryl methyl sites for hydroxylation is 1. The van der Waals surface area contributed by atoms with Crippen molar-refractivity contribution in [1.82, 2.24) is 0 Å². The number of fused-ring (bicyclic) bond motifs is 1. The molecule has 8 heteroatoms. The normalized spacial score (nSPS) is 13.4. The van der Waals surface area contributed by atoms with Crippen molar-refractivity contribution in [3.05, 3.63) is 46.5 Å². The highest BCUT2D eigenvalue weighted by Gasteiger charge is 2.22. The molecule has 0 spiro atoms. The van der Waals surface area contributed by atoms with Crippen LogP contribution in [0.25, 0.3) is 0 Å². The Bertz CT molecular complexity index is 914. The number of methoxy groups -OCH3 is 1. The van der Waals surface area contributed by atoms with Gasteiger partial charge in [0.05, 0.1) is 18.4 Å². The van der Waals surface area contributed by atoms with E-state index in [9.17, 15) is 9.59 Å². The Balaban J connectivity index is 1.67. The van der Waals surface area contributed by atoms with Crippen molar-refractivity contribution >= 4 is 29.2 Å². The van der Waals surface area contributed by atoms with Gasteiger partial charge in [-0.25, -0.2) is 4.79 Å². The van der Waals surface area contributed by atoms with E-state index in [4.69, 9.17) is 30.5 Å². The number of anilines is 1. The number of halogens is 1. The molecule has 0 fully saturated rings. The summed E-state index contributed by atoms with van der Waals surface area (Å²) in [4.78, 5) is 24.8. The summed E-state index contributed by atoms with van der Waals surface area (Å²) >= 11 is 6.07. The highest BCUT2D eigenvalue weighted by atomic mass is 35.5. The number of hydrogen-bond donors (Lipinski definition) is 1. The summed E-state index contributed by atoms with van der Waals surface area (Å²) in [6.07, 6.45) is -1.03. The van der Waals surface area contributed by atoms with Crippen LogP contribution in [-0.2, 0) is 9.53 Å². The fraction of sp³-hybridized carbons (Fsp3) is 0.300. The molecule has 28 heavy (non-hydrogen) atoms. The number of benzene rings is 2. The molecule has 3 rings (SSSR count). The van der Waals surface area contributed by atoms with Crippen LogP contribution in [-0.4, -0.2) is 38.3 Å². The lowest BCUT2D eigenvalue weighted by atomic mass is 10.2. The van der Waals surface area contributed by atoms with Crippen molar-refractivity contribution < 1.29 is 28.5 Å². The highest BCUT2D eigenvalue weighted by Crippen LogP contribution is 2.32. The molecule has 1 atom stereocenters. The Morgan fingerprint density at radius 2 is 1.86 bits per heavy atom. The van der Waals surface area contributed by atoms with Gasteiger partial charge in [0.2, 0.25) is 0 Å². The summed E-state index contributed by atoms with van der Waals surface area (Å²) < 4.78 is 21.4. The fourth-order valence-electron chi connectivity index (χ4n) is 2.62. The van der Waals surface area contributed by atoms with Crippen LogP contribution in [0.15, 0.2) is 30.3 Å². The van der Waals surface area contributed by atoms with E-state index >= 15 is 0 Å². The molecule has 0 radical (unpaired) electrons. The molecular formula is C20H20ClNO6. The van der Waals surface area contributed by atoms with Crippen LogP contribution in [0.1, 0.15) is 22.8 Å². The van der Waals surface area contributed by atoms with E-state index in [1.165, 1.54) is 20.1 Å². The minimum Gasteiger partial charge on any atom is -0.495 e. The first-order chi connectivity index (χ1) is 13.4. The molecule has 0 aliphatic carbocycles. The summed E-state index contributed by atoms with van der Waals surface area (Å²) in [7, 11) is 1.47. The van der Waals surface area contributed by atoms with Crippen molar-refractivity contribution in [2.75, 3.05) is 25.6 Å². The number of ether oxygens (including phenoxy) is 4. The van der Waals surface area contributed by atoms with E-state index in [2.05, 4.69) is 5.32 Å². The Labute approximate surface area is 167 Å². The van der Waals surface area contributed by atoms with Gasteiger partial charge < -0.3 is 24.3 Å². The van der Waals surface area contributed by atoms with E-state index < -0.39 is 18.0 Å². The third-order valence-corrected chi connectivity index (χ3v) is 4.58. The molecule has 148 valence electrons. The zero-order valence-corrected chi connectivity index (χ0v) is 16.5. The van der Waals surface area contributed by atoms with Crippen LogP contribution in [0.3, 0.4) is 0 Å². The van der Waals surface area contributed by atoms with Gasteiger partial charge in [0.1, 0.15) is 19.0 Å². The van der Waals surface area contributed by atoms with Crippen LogP contribution in [0.2, 0.25) is 5.02 Å². The van der Waals surface area contributed by atoms with Crippen molar-refractivity contribution in [3.63, 3.8) is 0 Å². The Hall–Kier alpha value is -2.93. The molecule has 0 bridgehead atoms. The molecule has 1 N–H and O–H groups in total. The van der Waals surface area contributed by atoms with Gasteiger partial charge in [0.15, 0.2) is 17.6 Å². The quantitative estimate of drug-likeness (QED) is 0.765. The van der Waals surface area contributed by atoms with Crippen LogP contribution >= 0.6 is 11.6 Å². The second kappa shape index (κ2) is 8.39. The van der Waals surface area contributed by atoms with Crippen molar-refractivity contribution in [1.29, 1.82) is 0 Å². The van der Waals surface area contributed by atoms with Gasteiger partial charge in [0, 0.05) is 11.1 Å². The topological polar surface area (TPSA) is 83.1 Å². The average molecular weight is 406 g/mol. The minimum absolute atomic E-state index is 0.267. The number of rotatable bonds is 5. The van der Waals surface area contributed by atoms with E-state index in [1.807, 2.05) is 6.92 Å². The molecule has 0 aromatic heterocycles. The molecule has 1 aliphatic heterocycles. The molecule has 1 heterocycles. The lowest BCUT2D eigenvalue weighted by Crippen LogP contribution is -2.30. The van der Waals surface area contributed by atoms with E-state index in [-0.39, 0.29) is 5.56 Å². The third kappa shape index (κ3) is 4.31. The Morgan fingerprint density at radius 3 is 2.57 bits per heavy atom. The summed E-state index contributed by atoms with van der Waals surface area (Å²) in [5.74, 6) is 0.317. The first kappa shape index (κ1) is 19.8. The van der Waals surface area contributed by atoms with Gasteiger partial charge in [-0.2, -0.15) is 0 Å². The maximum atomic E-state index is 12.5. The zero-order chi connectivity index (χ0) is 20.3. The number of amides is 1. The van der Waals surface area contributed by atoms with E-state index in [0.717, 1.165) is 5.56 Å². The number of nitrogens with one attached hydrogen (secondary N) is 1. The zero-order valence-electron chi connectivity index (χ0n) is 15.7. The summed E-state index contributed by atoms with van der Waals surface area (Å²) in [5.41, 5.74) is 1.49. The lowest BCUT2D eigenvalue weighted by Gasteiger charge is -2.19. The number of carbonyl (C=O) groups excluding carboxylic acids is 2. The monoisotopic (exact) mass is 405 g/mol. The predicted molar refractivity (Wildman–Crippen MR) is 104 cm³/mol. The second-order valence-electron chi connectivity index (χ2n) is 6.20. The van der Waals surface area contributed by atoms with Gasteiger partial charge >= 0.3 is 5.97 Å². The predicted octanol–water partition coefficient (Wildman–Crippen LogP) is 3.61. The van der Waals surface area contributed by atoms with Gasteiger partial charge in [-0.15, -0.1) is 0 Å². The molecule has 1 aliphatic rings. The molecule has 7 nitrogen and oxygen atoms in total. The minimum atomic E-state index is -1.03. The standard InChI is InChI=1S/C20H20ClNO6/c1-11-8-15(17(25-3)10-14(11)21)22-19(23)12(2)28-20(24)13-4-5-16-18(9-13)27-7-6-26-16/h4-5,8-10,12H,6-7H2,1-3H3,(H,22,23). The number of carbonyl (C=O) groups is 2. The molecule has 2 aromatic rings. The lowest BCUT2D eigenvalue weighted by molar-refractivity contribution is -0.123. The molecule has 2 aromatic carbocycles. The molecule has 0 saturated heterocycles. The summed E-state index contributed by atoms with van der Waals surface area (Å²) in [6.45, 7) is 4.16. The van der Waals surface area contributed by atoms with Crippen LogP contribution in [0, 0.1) is 6.92 Å². The van der Waals surface area contributed by atoms with Gasteiger partial charge in [0.25, 0.3) is 5.91 Å². The maximum Gasteiger partial charge on any atom is 0.339 e. The SMILES string of the molecule is COc1cc(Cl)c(C)cc1NC(=O)C(C)OC(=O)c1ccc2c(c1)OCCO2. The third-order valence-electron chi connectivity index (χ3n) is 4.17. The second-order valence-corrected chi connectivity index (χ2v) is 6.60. The first-order valence-corrected chi connectivity index (χ1v) is 9.02. The van der Waals surface area contributed by atoms with E-state index in [1.54, 1.807) is 24.3 Å². The van der Waals surface area contributed by atoms with Gasteiger partial charge in [-0.05, 0) is 43.7 Å². The summed E-state index contributed by atoms with van der Waals surface area (Å²) in [5, 5.41) is 3.21. The first-order valence-electron chi connectivity index (χ1n) is 8.64. The van der Waals surface area contributed by atoms with Crippen molar-refractivity contribution in [2.45, 2.75) is 20.0 Å². The molecule has 0 saturated carbocycles. The van der Waals surface area contributed by atoms with Crippen molar-refractivity contribution in [2.24, 2.45) is 0 Å². The fourth-order valence-corrected chi connectivity index (χ4v) is 2.77. The van der Waals surface area contributed by atoms with E-state index in [0.29, 0.717) is 41.2 Å². The van der Waals surface area contributed by atoms with Crippen LogP contribution in [0.5, 0.6) is 17.2 Å². The molecule has 1 unspecified atom stereocenters. The Morgan fingerprint density at radius 1 is 1.14 bits per heavy atom. The highest BCUT2D eigenvalue weighted by molar-refractivity contribution is 6.31. The van der Waals surface area contributed by atoms with Crippen molar-refractivity contribution in [3.8, 4) is 17.2 Å². The van der Waals surface area contributed by atoms with Crippen LogP contribution < -0.4 is 19.5 Å². The summed E-state index contributed by atoms with van der Waals surface area (Å²) in [6, 6.07) is 8.03. The number of esters is 1. The van der Waals surface area contributed by atoms with Gasteiger partial charge in [-0.3, -0.25) is 4.79 Å². The maximum absolute atomic E-state index is 12.5. The van der Waals surface area contributed by atoms with Gasteiger partial charge in [-0.1, -0.05) is 11.6 Å².